The number of fused-ring (bicyclic) bond motifs is 3. The van der Waals surface area contributed by atoms with E-state index in [0.717, 1.165) is 19.3 Å². The van der Waals surface area contributed by atoms with E-state index in [0.29, 0.717) is 38.2 Å². The number of hydrogen-bond acceptors (Lipinski definition) is 3. The zero-order valence-electron chi connectivity index (χ0n) is 22.6. The van der Waals surface area contributed by atoms with E-state index in [1.54, 1.807) is 6.08 Å². The molecule has 0 bridgehead atoms. The summed E-state index contributed by atoms with van der Waals surface area (Å²) in [6.45, 7) is 14.9. The van der Waals surface area contributed by atoms with Gasteiger partial charge < -0.3 is 15.4 Å². The minimum atomic E-state index is -0.277. The predicted octanol–water partition coefficient (Wildman–Crippen LogP) is 6.50. The van der Waals surface area contributed by atoms with Crippen molar-refractivity contribution in [2.24, 2.45) is 5.41 Å². The van der Waals surface area contributed by atoms with Crippen LogP contribution >= 0.6 is 0 Å². The summed E-state index contributed by atoms with van der Waals surface area (Å²) in [4.78, 5) is 25.1. The molecule has 2 aromatic rings. The van der Waals surface area contributed by atoms with Crippen LogP contribution in [0.4, 0.5) is 0 Å². The number of benzene rings is 2. The number of unbranched alkanes of at least 4 members (excludes halogenated alkanes) is 1. The van der Waals surface area contributed by atoms with Gasteiger partial charge in [-0.3, -0.25) is 9.59 Å². The van der Waals surface area contributed by atoms with E-state index in [2.05, 4.69) is 93.1 Å². The third kappa shape index (κ3) is 8.34. The Morgan fingerprint density at radius 3 is 2.22 bits per heavy atom. The van der Waals surface area contributed by atoms with Gasteiger partial charge in [-0.05, 0) is 53.4 Å². The van der Waals surface area contributed by atoms with Gasteiger partial charge in [-0.15, -0.1) is 0 Å². The molecule has 0 radical (unpaired) electrons. The molecule has 5 nitrogen and oxygen atoms in total. The van der Waals surface area contributed by atoms with Crippen LogP contribution in [0.25, 0.3) is 11.1 Å². The van der Waals surface area contributed by atoms with E-state index in [-0.39, 0.29) is 29.2 Å². The van der Waals surface area contributed by atoms with E-state index >= 15 is 0 Å². The fraction of sp³-hybridized carbons (Fsp3) is 0.438. The summed E-state index contributed by atoms with van der Waals surface area (Å²) in [6, 6.07) is 16.7. The maximum Gasteiger partial charge on any atom is 0.220 e. The SMILES string of the molecule is C=CCOC(=C)C(CCCCNC(=O)CC(C)(C)C)NC(=O)CCC1c2ccccc2-c2ccccc21. The molecule has 0 saturated carbocycles. The first-order valence-electron chi connectivity index (χ1n) is 13.4. The van der Waals surface area contributed by atoms with Gasteiger partial charge >= 0.3 is 0 Å². The molecule has 0 fully saturated rings. The number of amides is 2. The van der Waals surface area contributed by atoms with Crippen LogP contribution in [-0.2, 0) is 14.3 Å². The first-order valence-corrected chi connectivity index (χ1v) is 13.4. The summed E-state index contributed by atoms with van der Waals surface area (Å²) in [6.07, 6.45) is 5.70. The third-order valence-electron chi connectivity index (χ3n) is 6.67. The summed E-state index contributed by atoms with van der Waals surface area (Å²) in [5.41, 5.74) is 5.09. The summed E-state index contributed by atoms with van der Waals surface area (Å²) in [5.74, 6) is 0.829. The first kappa shape index (κ1) is 28.2. The molecule has 0 spiro atoms. The van der Waals surface area contributed by atoms with Crippen molar-refractivity contribution in [2.75, 3.05) is 13.2 Å². The number of carbonyl (C=O) groups excluding carboxylic acids is 2. The van der Waals surface area contributed by atoms with Gasteiger partial charge in [0.1, 0.15) is 12.4 Å². The Balaban J connectivity index is 1.52. The number of carbonyl (C=O) groups is 2. The molecule has 1 unspecified atom stereocenters. The third-order valence-corrected chi connectivity index (χ3v) is 6.67. The second-order valence-corrected chi connectivity index (χ2v) is 11.0. The van der Waals surface area contributed by atoms with Gasteiger partial charge in [-0.2, -0.15) is 0 Å². The number of rotatable bonds is 14. The normalized spacial score (nSPS) is 13.3. The standard InChI is InChI=1S/C32H42N2O3/c1-6-21-37-23(2)29(17-11-12-20-33-31(36)22-32(3,4)5)34-30(35)19-18-28-26-15-9-7-13-24(26)25-14-8-10-16-27(25)28/h6-10,13-16,28-29H,1-2,11-12,17-22H2,3-5H3,(H,33,36)(H,34,35). The first-order chi connectivity index (χ1) is 17.7. The van der Waals surface area contributed by atoms with E-state index in [4.69, 9.17) is 4.74 Å². The van der Waals surface area contributed by atoms with Gasteiger partial charge in [0.2, 0.25) is 11.8 Å². The molecular weight excluding hydrogens is 460 g/mol. The Morgan fingerprint density at radius 2 is 1.62 bits per heavy atom. The van der Waals surface area contributed by atoms with Crippen LogP contribution in [0.5, 0.6) is 0 Å². The number of nitrogens with one attached hydrogen (secondary N) is 2. The molecule has 0 aromatic heterocycles. The van der Waals surface area contributed by atoms with Crippen molar-refractivity contribution >= 4 is 11.8 Å². The average molecular weight is 503 g/mol. The van der Waals surface area contributed by atoms with Crippen LogP contribution in [-0.4, -0.2) is 31.0 Å². The summed E-state index contributed by atoms with van der Waals surface area (Å²) in [5, 5.41) is 6.14. The van der Waals surface area contributed by atoms with Crippen LogP contribution in [0.3, 0.4) is 0 Å². The number of hydrogen-bond donors (Lipinski definition) is 2. The maximum atomic E-state index is 13.0. The summed E-state index contributed by atoms with van der Waals surface area (Å²) >= 11 is 0. The highest BCUT2D eigenvalue weighted by Crippen LogP contribution is 2.46. The van der Waals surface area contributed by atoms with Gasteiger partial charge in [0, 0.05) is 25.3 Å². The molecule has 37 heavy (non-hydrogen) atoms. The van der Waals surface area contributed by atoms with E-state index < -0.39 is 0 Å². The Bertz CT molecular complexity index is 1050. The van der Waals surface area contributed by atoms with E-state index in [1.807, 2.05) is 0 Å². The molecule has 1 atom stereocenters. The van der Waals surface area contributed by atoms with Crippen molar-refractivity contribution in [3.63, 3.8) is 0 Å². The molecule has 2 amide bonds. The monoisotopic (exact) mass is 502 g/mol. The van der Waals surface area contributed by atoms with Crippen LogP contribution in [0, 0.1) is 5.41 Å². The molecule has 2 N–H and O–H groups in total. The fourth-order valence-electron chi connectivity index (χ4n) is 4.94. The summed E-state index contributed by atoms with van der Waals surface area (Å²) < 4.78 is 5.68. The Labute approximate surface area is 222 Å². The van der Waals surface area contributed by atoms with E-state index in [9.17, 15) is 9.59 Å². The Hall–Kier alpha value is -3.34. The van der Waals surface area contributed by atoms with Crippen molar-refractivity contribution in [1.82, 2.24) is 10.6 Å². The van der Waals surface area contributed by atoms with Crippen LogP contribution in [0.15, 0.2) is 73.5 Å². The van der Waals surface area contributed by atoms with Crippen molar-refractivity contribution in [3.05, 3.63) is 84.7 Å². The lowest BCUT2D eigenvalue weighted by molar-refractivity contribution is -0.123. The molecule has 1 aliphatic rings. The molecule has 5 heteroatoms. The molecule has 0 saturated heterocycles. The lowest BCUT2D eigenvalue weighted by atomic mass is 9.92. The smallest absolute Gasteiger partial charge is 0.220 e. The Morgan fingerprint density at radius 1 is 1.00 bits per heavy atom. The van der Waals surface area contributed by atoms with Crippen molar-refractivity contribution in [3.8, 4) is 11.1 Å². The van der Waals surface area contributed by atoms with Gasteiger partial charge in [0.15, 0.2) is 0 Å². The predicted molar refractivity (Wildman–Crippen MR) is 151 cm³/mol. The minimum absolute atomic E-state index is 0.00584. The van der Waals surface area contributed by atoms with Gasteiger partial charge in [-0.1, -0.05) is 88.5 Å². The fourth-order valence-corrected chi connectivity index (χ4v) is 4.94. The largest absolute Gasteiger partial charge is 0.492 e. The highest BCUT2D eigenvalue weighted by Gasteiger charge is 2.28. The lowest BCUT2D eigenvalue weighted by Crippen LogP contribution is -2.37. The summed E-state index contributed by atoms with van der Waals surface area (Å²) in [7, 11) is 0. The maximum absolute atomic E-state index is 13.0. The second kappa shape index (κ2) is 13.3. The quantitative estimate of drug-likeness (QED) is 0.176. The second-order valence-electron chi connectivity index (χ2n) is 11.0. The van der Waals surface area contributed by atoms with E-state index in [1.165, 1.54) is 22.3 Å². The van der Waals surface area contributed by atoms with Crippen molar-refractivity contribution < 1.29 is 14.3 Å². The highest BCUT2D eigenvalue weighted by molar-refractivity contribution is 5.80. The van der Waals surface area contributed by atoms with Crippen LogP contribution in [0.1, 0.15) is 76.3 Å². The van der Waals surface area contributed by atoms with Crippen molar-refractivity contribution in [2.45, 2.75) is 71.3 Å². The molecule has 2 aromatic carbocycles. The molecule has 0 aliphatic heterocycles. The molecule has 1 aliphatic carbocycles. The Kier molecular flexibility index (Phi) is 10.1. The topological polar surface area (TPSA) is 67.4 Å². The highest BCUT2D eigenvalue weighted by atomic mass is 16.5. The average Bonchev–Trinajstić information content (AvgIpc) is 3.17. The van der Waals surface area contributed by atoms with Gasteiger partial charge in [0.05, 0.1) is 6.04 Å². The van der Waals surface area contributed by atoms with Crippen LogP contribution < -0.4 is 10.6 Å². The molecule has 198 valence electrons. The number of ether oxygens (including phenoxy) is 1. The zero-order chi connectivity index (χ0) is 26.8. The van der Waals surface area contributed by atoms with Gasteiger partial charge in [-0.25, -0.2) is 0 Å². The lowest BCUT2D eigenvalue weighted by Gasteiger charge is -2.22. The molecular formula is C32H42N2O3. The van der Waals surface area contributed by atoms with Crippen molar-refractivity contribution in [1.29, 1.82) is 0 Å². The van der Waals surface area contributed by atoms with Gasteiger partial charge in [0.25, 0.3) is 0 Å². The van der Waals surface area contributed by atoms with Crippen LogP contribution in [0.2, 0.25) is 0 Å². The zero-order valence-corrected chi connectivity index (χ0v) is 22.6. The molecule has 3 rings (SSSR count). The molecule has 0 heterocycles. The minimum Gasteiger partial charge on any atom is -0.492 e.